The summed E-state index contributed by atoms with van der Waals surface area (Å²) in [6.45, 7) is 0. The fraction of sp³-hybridized carbons (Fsp3) is 0.455. The summed E-state index contributed by atoms with van der Waals surface area (Å²) >= 11 is 0. The summed E-state index contributed by atoms with van der Waals surface area (Å²) in [5.41, 5.74) is 7.27. The van der Waals surface area contributed by atoms with E-state index in [1.807, 2.05) is 18.2 Å². The SMILES string of the molecule is Nc1ccccc1NC1CCCS(=O)(=O)C1. The van der Waals surface area contributed by atoms with Crippen molar-refractivity contribution in [2.24, 2.45) is 0 Å². The number of nitrogens with one attached hydrogen (secondary N) is 1. The Morgan fingerprint density at radius 1 is 1.31 bits per heavy atom. The van der Waals surface area contributed by atoms with Crippen LogP contribution in [0.3, 0.4) is 0 Å². The molecule has 5 heteroatoms. The Labute approximate surface area is 95.8 Å². The maximum Gasteiger partial charge on any atom is 0.152 e. The molecule has 0 radical (unpaired) electrons. The predicted octanol–water partition coefficient (Wildman–Crippen LogP) is 1.26. The van der Waals surface area contributed by atoms with Crippen LogP contribution in [0, 0.1) is 0 Å². The minimum atomic E-state index is -2.87. The quantitative estimate of drug-likeness (QED) is 0.763. The lowest BCUT2D eigenvalue weighted by atomic mass is 10.1. The first-order chi connectivity index (χ1) is 7.57. The average Bonchev–Trinajstić information content (AvgIpc) is 2.20. The molecular weight excluding hydrogens is 224 g/mol. The number of nitrogen functional groups attached to an aromatic ring is 1. The summed E-state index contributed by atoms with van der Waals surface area (Å²) in [6, 6.07) is 7.41. The summed E-state index contributed by atoms with van der Waals surface area (Å²) in [7, 11) is -2.87. The highest BCUT2D eigenvalue weighted by molar-refractivity contribution is 7.91. The van der Waals surface area contributed by atoms with Gasteiger partial charge in [0.1, 0.15) is 0 Å². The second kappa shape index (κ2) is 4.33. The van der Waals surface area contributed by atoms with Crippen molar-refractivity contribution in [2.75, 3.05) is 22.6 Å². The van der Waals surface area contributed by atoms with E-state index in [9.17, 15) is 8.42 Å². The Kier molecular flexibility index (Phi) is 3.05. The van der Waals surface area contributed by atoms with Gasteiger partial charge in [0.15, 0.2) is 9.84 Å². The third-order valence-electron chi connectivity index (χ3n) is 2.78. The molecule has 1 saturated heterocycles. The van der Waals surface area contributed by atoms with Gasteiger partial charge in [-0.3, -0.25) is 0 Å². The molecule has 0 aliphatic carbocycles. The van der Waals surface area contributed by atoms with Crippen LogP contribution in [-0.4, -0.2) is 26.0 Å². The van der Waals surface area contributed by atoms with Gasteiger partial charge in [0, 0.05) is 6.04 Å². The van der Waals surface area contributed by atoms with Crippen LogP contribution in [-0.2, 0) is 9.84 Å². The molecule has 0 aromatic heterocycles. The van der Waals surface area contributed by atoms with Gasteiger partial charge in [-0.25, -0.2) is 8.42 Å². The fourth-order valence-corrected chi connectivity index (χ4v) is 3.62. The van der Waals surface area contributed by atoms with Crippen molar-refractivity contribution in [1.82, 2.24) is 0 Å². The lowest BCUT2D eigenvalue weighted by Crippen LogP contribution is -2.34. The van der Waals surface area contributed by atoms with E-state index in [-0.39, 0.29) is 11.8 Å². The number of hydrogen-bond acceptors (Lipinski definition) is 4. The van der Waals surface area contributed by atoms with Gasteiger partial charge in [-0.05, 0) is 25.0 Å². The third kappa shape index (κ3) is 2.66. The minimum absolute atomic E-state index is 0.0107. The number of anilines is 2. The maximum absolute atomic E-state index is 11.5. The summed E-state index contributed by atoms with van der Waals surface area (Å²) < 4.78 is 22.9. The van der Waals surface area contributed by atoms with Crippen LogP contribution in [0.2, 0.25) is 0 Å². The molecular formula is C11H16N2O2S. The van der Waals surface area contributed by atoms with Gasteiger partial charge in [-0.15, -0.1) is 0 Å². The largest absolute Gasteiger partial charge is 0.397 e. The van der Waals surface area contributed by atoms with Crippen molar-refractivity contribution in [1.29, 1.82) is 0 Å². The van der Waals surface area contributed by atoms with Crippen LogP contribution in [0.15, 0.2) is 24.3 Å². The number of hydrogen-bond donors (Lipinski definition) is 2. The molecule has 2 rings (SSSR count). The van der Waals surface area contributed by atoms with E-state index in [1.165, 1.54) is 0 Å². The van der Waals surface area contributed by atoms with E-state index in [1.54, 1.807) is 6.07 Å². The highest BCUT2D eigenvalue weighted by Crippen LogP contribution is 2.21. The smallest absolute Gasteiger partial charge is 0.152 e. The molecule has 1 heterocycles. The van der Waals surface area contributed by atoms with Gasteiger partial charge in [0.25, 0.3) is 0 Å². The number of rotatable bonds is 2. The molecule has 1 atom stereocenters. The first-order valence-electron chi connectivity index (χ1n) is 5.38. The van der Waals surface area contributed by atoms with Gasteiger partial charge in [0.2, 0.25) is 0 Å². The highest BCUT2D eigenvalue weighted by atomic mass is 32.2. The van der Waals surface area contributed by atoms with Crippen molar-refractivity contribution < 1.29 is 8.42 Å². The van der Waals surface area contributed by atoms with Crippen molar-refractivity contribution in [3.05, 3.63) is 24.3 Å². The van der Waals surface area contributed by atoms with Crippen LogP contribution in [0.4, 0.5) is 11.4 Å². The summed E-state index contributed by atoms with van der Waals surface area (Å²) in [5, 5.41) is 3.20. The summed E-state index contributed by atoms with van der Waals surface area (Å²) in [6.07, 6.45) is 1.61. The molecule has 1 aliphatic rings. The van der Waals surface area contributed by atoms with Crippen LogP contribution in [0.25, 0.3) is 0 Å². The second-order valence-corrected chi connectivity index (χ2v) is 6.41. The molecule has 3 N–H and O–H groups in total. The molecule has 0 amide bonds. The molecule has 0 saturated carbocycles. The van der Waals surface area contributed by atoms with Crippen LogP contribution in [0.1, 0.15) is 12.8 Å². The average molecular weight is 240 g/mol. The molecule has 1 aromatic rings. The molecule has 1 aliphatic heterocycles. The molecule has 0 bridgehead atoms. The van der Waals surface area contributed by atoms with E-state index in [0.29, 0.717) is 11.4 Å². The lowest BCUT2D eigenvalue weighted by molar-refractivity contribution is 0.562. The van der Waals surface area contributed by atoms with Crippen LogP contribution in [0.5, 0.6) is 0 Å². The minimum Gasteiger partial charge on any atom is -0.397 e. The summed E-state index contributed by atoms with van der Waals surface area (Å²) in [4.78, 5) is 0. The Hall–Kier alpha value is -1.23. The number of sulfone groups is 1. The van der Waals surface area contributed by atoms with E-state index < -0.39 is 9.84 Å². The van der Waals surface area contributed by atoms with Crippen molar-refractivity contribution in [3.63, 3.8) is 0 Å². The molecule has 0 spiro atoms. The molecule has 1 aromatic carbocycles. The van der Waals surface area contributed by atoms with Crippen molar-refractivity contribution >= 4 is 21.2 Å². The predicted molar refractivity (Wildman–Crippen MR) is 66.2 cm³/mol. The summed E-state index contributed by atoms with van der Waals surface area (Å²) in [5.74, 6) is 0.525. The highest BCUT2D eigenvalue weighted by Gasteiger charge is 2.24. The Morgan fingerprint density at radius 2 is 2.06 bits per heavy atom. The second-order valence-electron chi connectivity index (χ2n) is 4.19. The zero-order chi connectivity index (χ0) is 11.6. The molecule has 1 unspecified atom stereocenters. The zero-order valence-electron chi connectivity index (χ0n) is 9.02. The fourth-order valence-electron chi connectivity index (χ4n) is 1.99. The maximum atomic E-state index is 11.5. The first kappa shape index (κ1) is 11.3. The Balaban J connectivity index is 2.08. The first-order valence-corrected chi connectivity index (χ1v) is 7.20. The molecule has 16 heavy (non-hydrogen) atoms. The van der Waals surface area contributed by atoms with Crippen molar-refractivity contribution in [2.45, 2.75) is 18.9 Å². The van der Waals surface area contributed by atoms with Crippen LogP contribution >= 0.6 is 0 Å². The van der Waals surface area contributed by atoms with Gasteiger partial charge >= 0.3 is 0 Å². The Morgan fingerprint density at radius 3 is 2.75 bits per heavy atom. The number of benzene rings is 1. The van der Waals surface area contributed by atoms with Gasteiger partial charge in [0.05, 0.1) is 22.9 Å². The van der Waals surface area contributed by atoms with Gasteiger partial charge in [-0.2, -0.15) is 0 Å². The number of nitrogens with two attached hydrogens (primary N) is 1. The van der Waals surface area contributed by atoms with E-state index in [2.05, 4.69) is 5.32 Å². The normalized spacial score (nSPS) is 23.9. The molecule has 1 fully saturated rings. The molecule has 88 valence electrons. The zero-order valence-corrected chi connectivity index (χ0v) is 9.83. The third-order valence-corrected chi connectivity index (χ3v) is 4.60. The van der Waals surface area contributed by atoms with Gasteiger partial charge < -0.3 is 11.1 Å². The standard InChI is InChI=1S/C11H16N2O2S/c12-10-5-1-2-6-11(10)13-9-4-3-7-16(14,15)8-9/h1-2,5-6,9,13H,3-4,7-8,12H2. The topological polar surface area (TPSA) is 72.2 Å². The van der Waals surface area contributed by atoms with Gasteiger partial charge in [-0.1, -0.05) is 12.1 Å². The number of para-hydroxylation sites is 2. The van der Waals surface area contributed by atoms with E-state index >= 15 is 0 Å². The van der Waals surface area contributed by atoms with Crippen LogP contribution < -0.4 is 11.1 Å². The lowest BCUT2D eigenvalue weighted by Gasteiger charge is -2.24. The van der Waals surface area contributed by atoms with E-state index in [4.69, 9.17) is 5.73 Å². The monoisotopic (exact) mass is 240 g/mol. The van der Waals surface area contributed by atoms with Crippen molar-refractivity contribution in [3.8, 4) is 0 Å². The van der Waals surface area contributed by atoms with E-state index in [0.717, 1.165) is 18.5 Å². The molecule has 4 nitrogen and oxygen atoms in total. The Bertz CT molecular complexity index is 471.